The molecule has 0 fully saturated rings. The zero-order valence-electron chi connectivity index (χ0n) is 17.8. The zero-order valence-corrected chi connectivity index (χ0v) is 18.6. The molecule has 31 heavy (non-hydrogen) atoms. The van der Waals surface area contributed by atoms with Gasteiger partial charge in [-0.1, -0.05) is 77.5 Å². The topological polar surface area (TPSA) is 49.4 Å². The molecule has 0 aliphatic carbocycles. The van der Waals surface area contributed by atoms with E-state index in [0.717, 1.165) is 32.8 Å². The van der Waals surface area contributed by atoms with Crippen molar-refractivity contribution in [2.45, 2.75) is 32.2 Å². The van der Waals surface area contributed by atoms with Crippen LogP contribution in [0.4, 0.5) is 5.69 Å². The van der Waals surface area contributed by atoms with E-state index in [4.69, 9.17) is 0 Å². The maximum Gasteiger partial charge on any atom is 0.278 e. The highest BCUT2D eigenvalue weighted by Gasteiger charge is 2.39. The Morgan fingerprint density at radius 2 is 1.48 bits per heavy atom. The summed E-state index contributed by atoms with van der Waals surface area (Å²) in [6, 6.07) is 23.5. The monoisotopic (exact) mass is 428 g/mol. The molecule has 1 aliphatic rings. The Hall–Kier alpha value is -3.31. The van der Waals surface area contributed by atoms with E-state index in [0.29, 0.717) is 10.6 Å². The third-order valence-electron chi connectivity index (χ3n) is 5.19. The lowest BCUT2D eigenvalue weighted by Gasteiger charge is -2.15. The van der Waals surface area contributed by atoms with Crippen LogP contribution in [-0.2, 0) is 16.1 Å². The lowest BCUT2D eigenvalue weighted by molar-refractivity contribution is -0.137. The number of aryl methyl sites for hydroxylation is 3. The highest BCUT2D eigenvalue weighted by atomic mass is 32.2. The number of thioether (sulfide) groups is 1. The molecular formula is C26H24N2O2S. The number of imide groups is 1. The number of nitrogens with zero attached hydrogens (tertiary/aromatic N) is 1. The molecule has 3 aromatic carbocycles. The molecule has 1 heterocycles. The molecule has 156 valence electrons. The van der Waals surface area contributed by atoms with Crippen molar-refractivity contribution in [2.24, 2.45) is 0 Å². The summed E-state index contributed by atoms with van der Waals surface area (Å²) in [5.74, 6) is -0.574. The highest BCUT2D eigenvalue weighted by molar-refractivity contribution is 8.04. The fourth-order valence-corrected chi connectivity index (χ4v) is 4.43. The summed E-state index contributed by atoms with van der Waals surface area (Å²) in [6.45, 7) is 6.29. The van der Waals surface area contributed by atoms with E-state index < -0.39 is 0 Å². The second-order valence-corrected chi connectivity index (χ2v) is 8.83. The van der Waals surface area contributed by atoms with Crippen molar-refractivity contribution in [1.82, 2.24) is 4.90 Å². The van der Waals surface area contributed by atoms with Gasteiger partial charge in [-0.3, -0.25) is 14.5 Å². The highest BCUT2D eigenvalue weighted by Crippen LogP contribution is 2.37. The van der Waals surface area contributed by atoms with Gasteiger partial charge in [-0.25, -0.2) is 0 Å². The summed E-state index contributed by atoms with van der Waals surface area (Å²) in [6.07, 6.45) is 0. The van der Waals surface area contributed by atoms with E-state index in [1.54, 1.807) is 0 Å². The molecule has 3 aromatic rings. The van der Waals surface area contributed by atoms with E-state index in [2.05, 4.69) is 11.4 Å². The molecule has 2 amide bonds. The van der Waals surface area contributed by atoms with Gasteiger partial charge in [0.1, 0.15) is 10.6 Å². The molecule has 0 saturated heterocycles. The van der Waals surface area contributed by atoms with Gasteiger partial charge in [0, 0.05) is 10.6 Å². The van der Waals surface area contributed by atoms with Gasteiger partial charge in [-0.05, 0) is 50.1 Å². The summed E-state index contributed by atoms with van der Waals surface area (Å²) in [7, 11) is 0. The van der Waals surface area contributed by atoms with E-state index in [9.17, 15) is 9.59 Å². The largest absolute Gasteiger partial charge is 0.350 e. The Morgan fingerprint density at radius 3 is 2.16 bits per heavy atom. The van der Waals surface area contributed by atoms with Gasteiger partial charge >= 0.3 is 0 Å². The van der Waals surface area contributed by atoms with Crippen LogP contribution in [0, 0.1) is 20.8 Å². The molecule has 0 atom stereocenters. The molecule has 0 bridgehead atoms. The average Bonchev–Trinajstić information content (AvgIpc) is 2.97. The predicted octanol–water partition coefficient (Wildman–Crippen LogP) is 5.60. The Kier molecular flexibility index (Phi) is 5.96. The molecule has 0 spiro atoms. The number of amides is 2. The minimum atomic E-state index is -0.302. The second kappa shape index (κ2) is 8.82. The Balaban J connectivity index is 1.69. The van der Waals surface area contributed by atoms with E-state index >= 15 is 0 Å². The van der Waals surface area contributed by atoms with Crippen molar-refractivity contribution < 1.29 is 9.59 Å². The lowest BCUT2D eigenvalue weighted by atomic mass is 10.1. The van der Waals surface area contributed by atoms with Crippen molar-refractivity contribution in [3.8, 4) is 0 Å². The van der Waals surface area contributed by atoms with Crippen LogP contribution in [0.5, 0.6) is 0 Å². The molecule has 0 saturated carbocycles. The van der Waals surface area contributed by atoms with Crippen LogP contribution in [-0.4, -0.2) is 16.7 Å². The fourth-order valence-electron chi connectivity index (χ4n) is 3.48. The summed E-state index contributed by atoms with van der Waals surface area (Å²) in [5.41, 5.74) is 5.38. The van der Waals surface area contributed by atoms with E-state index in [1.807, 2.05) is 87.5 Å². The number of hydrogen-bond donors (Lipinski definition) is 1. The first-order valence-electron chi connectivity index (χ1n) is 10.2. The molecule has 0 radical (unpaired) electrons. The molecule has 4 rings (SSSR count). The van der Waals surface area contributed by atoms with Gasteiger partial charge < -0.3 is 5.32 Å². The first-order chi connectivity index (χ1) is 14.9. The quantitative estimate of drug-likeness (QED) is 0.520. The van der Waals surface area contributed by atoms with Crippen LogP contribution in [0.25, 0.3) is 0 Å². The van der Waals surface area contributed by atoms with Crippen LogP contribution in [0.2, 0.25) is 0 Å². The molecule has 0 aromatic heterocycles. The van der Waals surface area contributed by atoms with Gasteiger partial charge in [0.25, 0.3) is 11.8 Å². The van der Waals surface area contributed by atoms with Crippen LogP contribution in [0.15, 0.2) is 88.3 Å². The average molecular weight is 429 g/mol. The molecule has 1 N–H and O–H groups in total. The maximum absolute atomic E-state index is 13.3. The minimum Gasteiger partial charge on any atom is -0.350 e. The molecule has 1 aliphatic heterocycles. The van der Waals surface area contributed by atoms with Crippen LogP contribution >= 0.6 is 11.8 Å². The van der Waals surface area contributed by atoms with Crippen molar-refractivity contribution in [1.29, 1.82) is 0 Å². The predicted molar refractivity (Wildman–Crippen MR) is 126 cm³/mol. The lowest BCUT2D eigenvalue weighted by Crippen LogP contribution is -2.31. The molecule has 0 unspecified atom stereocenters. The maximum atomic E-state index is 13.3. The Labute approximate surface area is 187 Å². The van der Waals surface area contributed by atoms with E-state index in [1.165, 1.54) is 16.7 Å². The molecule has 4 nitrogen and oxygen atoms in total. The standard InChI is InChI=1S/C26H24N2O2S/c1-17-9-12-21(13-10-17)31-24-23(27-22-14-11-18(2)15-19(22)3)25(29)28(26(24)30)16-20-7-5-4-6-8-20/h4-15,27H,16H2,1-3H3. The molecule has 5 heteroatoms. The van der Waals surface area contributed by atoms with Gasteiger partial charge in [0.05, 0.1) is 6.54 Å². The summed E-state index contributed by atoms with van der Waals surface area (Å²) in [4.78, 5) is 29.3. The number of carbonyl (C=O) groups excluding carboxylic acids is 2. The normalized spacial score (nSPS) is 13.8. The SMILES string of the molecule is Cc1ccc(SC2=C(Nc3ccc(C)cc3C)C(=O)N(Cc3ccccc3)C2=O)cc1. The number of rotatable bonds is 6. The van der Waals surface area contributed by atoms with Crippen molar-refractivity contribution in [2.75, 3.05) is 5.32 Å². The number of carbonyl (C=O) groups is 2. The van der Waals surface area contributed by atoms with Gasteiger partial charge in [0.15, 0.2) is 0 Å². The first kappa shape index (κ1) is 20.9. The van der Waals surface area contributed by atoms with Crippen LogP contribution < -0.4 is 5.32 Å². The smallest absolute Gasteiger partial charge is 0.278 e. The van der Waals surface area contributed by atoms with Gasteiger partial charge in [0.2, 0.25) is 0 Å². The Morgan fingerprint density at radius 1 is 0.806 bits per heavy atom. The van der Waals surface area contributed by atoms with Gasteiger partial charge in [-0.2, -0.15) is 0 Å². The van der Waals surface area contributed by atoms with Gasteiger partial charge in [-0.15, -0.1) is 0 Å². The fraction of sp³-hybridized carbons (Fsp3) is 0.154. The van der Waals surface area contributed by atoms with Crippen molar-refractivity contribution in [3.05, 3.63) is 106 Å². The Bertz CT molecular complexity index is 1170. The first-order valence-corrected chi connectivity index (χ1v) is 11.0. The summed E-state index contributed by atoms with van der Waals surface area (Å²) < 4.78 is 0. The number of nitrogens with one attached hydrogen (secondary N) is 1. The number of benzene rings is 3. The molecular weight excluding hydrogens is 404 g/mol. The number of anilines is 1. The number of hydrogen-bond acceptors (Lipinski definition) is 4. The van der Waals surface area contributed by atoms with E-state index in [-0.39, 0.29) is 18.4 Å². The summed E-state index contributed by atoms with van der Waals surface area (Å²) >= 11 is 1.33. The zero-order chi connectivity index (χ0) is 22.0. The minimum absolute atomic E-state index is 0.245. The van der Waals surface area contributed by atoms with Crippen molar-refractivity contribution >= 4 is 29.3 Å². The second-order valence-electron chi connectivity index (χ2n) is 7.74. The third-order valence-corrected chi connectivity index (χ3v) is 6.28. The summed E-state index contributed by atoms with van der Waals surface area (Å²) in [5, 5.41) is 3.26. The van der Waals surface area contributed by atoms with Crippen molar-refractivity contribution in [3.63, 3.8) is 0 Å². The van der Waals surface area contributed by atoms with Crippen LogP contribution in [0.1, 0.15) is 22.3 Å². The third kappa shape index (κ3) is 4.57. The van der Waals surface area contributed by atoms with Crippen LogP contribution in [0.3, 0.4) is 0 Å².